The highest BCUT2D eigenvalue weighted by atomic mass is 79.9. The number of phenols is 1. The van der Waals surface area contributed by atoms with Crippen LogP contribution in [0.2, 0.25) is 0 Å². The number of halogens is 1. The third-order valence-electron chi connectivity index (χ3n) is 5.12. The van der Waals surface area contributed by atoms with E-state index in [1.807, 2.05) is 0 Å². The Bertz CT molecular complexity index is 862. The number of esters is 1. The van der Waals surface area contributed by atoms with Crippen molar-refractivity contribution in [1.29, 1.82) is 0 Å². The Balaban J connectivity index is 2.12. The number of amides is 1. The van der Waals surface area contributed by atoms with Crippen molar-refractivity contribution in [3.05, 3.63) is 33.4 Å². The van der Waals surface area contributed by atoms with Crippen LogP contribution in [-0.4, -0.2) is 37.0 Å². The molecule has 2 aliphatic rings. The zero-order valence-corrected chi connectivity index (χ0v) is 16.8. The summed E-state index contributed by atoms with van der Waals surface area (Å²) < 4.78 is 10.4. The Kier molecular flexibility index (Phi) is 5.28. The highest BCUT2D eigenvalue weighted by Gasteiger charge is 2.45. The fraction of sp³-hybridized carbons (Fsp3) is 0.421. The predicted molar refractivity (Wildman–Crippen MR) is 99.2 cm³/mol. The topological polar surface area (TPSA) is 102 Å². The van der Waals surface area contributed by atoms with E-state index in [9.17, 15) is 19.5 Å². The first kappa shape index (κ1) is 19.4. The third-order valence-corrected chi connectivity index (χ3v) is 5.73. The Labute approximate surface area is 164 Å². The summed E-state index contributed by atoms with van der Waals surface area (Å²) in [5.74, 6) is -2.63. The quantitative estimate of drug-likeness (QED) is 0.555. The zero-order valence-electron chi connectivity index (χ0n) is 15.2. The van der Waals surface area contributed by atoms with Gasteiger partial charge in [-0.2, -0.15) is 0 Å². The first-order valence-electron chi connectivity index (χ1n) is 8.49. The molecule has 1 aliphatic carbocycles. The van der Waals surface area contributed by atoms with Crippen LogP contribution in [0.25, 0.3) is 0 Å². The van der Waals surface area contributed by atoms with Crippen molar-refractivity contribution in [1.82, 2.24) is 5.32 Å². The Hall–Kier alpha value is -2.35. The number of rotatable bonds is 3. The van der Waals surface area contributed by atoms with Crippen LogP contribution in [0.4, 0.5) is 0 Å². The molecule has 0 spiro atoms. The summed E-state index contributed by atoms with van der Waals surface area (Å²) in [6, 6.07) is 3.26. The maximum absolute atomic E-state index is 13.2. The number of hydrogen-bond acceptors (Lipinski definition) is 6. The van der Waals surface area contributed by atoms with Crippen LogP contribution in [-0.2, 0) is 19.1 Å². The van der Waals surface area contributed by atoms with Gasteiger partial charge in [-0.25, -0.2) is 0 Å². The lowest BCUT2D eigenvalue weighted by Gasteiger charge is -2.36. The van der Waals surface area contributed by atoms with Crippen LogP contribution in [0.15, 0.2) is 27.9 Å². The largest absolute Gasteiger partial charge is 0.503 e. The molecular weight excluding hydrogens is 418 g/mol. The van der Waals surface area contributed by atoms with Crippen molar-refractivity contribution in [2.75, 3.05) is 14.2 Å². The molecule has 2 N–H and O–H groups in total. The van der Waals surface area contributed by atoms with Crippen LogP contribution in [0.1, 0.15) is 31.2 Å². The van der Waals surface area contributed by atoms with Gasteiger partial charge in [0.1, 0.15) is 5.92 Å². The normalized spacial score (nSPS) is 25.0. The molecule has 1 aliphatic heterocycles. The van der Waals surface area contributed by atoms with E-state index in [-0.39, 0.29) is 35.5 Å². The second-order valence-electron chi connectivity index (χ2n) is 6.80. The smallest absolute Gasteiger partial charge is 0.316 e. The Morgan fingerprint density at radius 1 is 1.26 bits per heavy atom. The first-order chi connectivity index (χ1) is 12.8. The van der Waals surface area contributed by atoms with Crippen LogP contribution in [0.3, 0.4) is 0 Å². The molecule has 27 heavy (non-hydrogen) atoms. The molecule has 3 atom stereocenters. The minimum atomic E-state index is -0.895. The molecule has 0 saturated heterocycles. The van der Waals surface area contributed by atoms with E-state index in [0.717, 1.165) is 0 Å². The van der Waals surface area contributed by atoms with Crippen molar-refractivity contribution in [3.63, 3.8) is 0 Å². The summed E-state index contributed by atoms with van der Waals surface area (Å²) in [5, 5.41) is 12.8. The Morgan fingerprint density at radius 3 is 2.59 bits per heavy atom. The molecule has 8 heteroatoms. The van der Waals surface area contributed by atoms with Crippen molar-refractivity contribution < 1.29 is 29.0 Å². The molecular formula is C19H20BrNO6. The minimum Gasteiger partial charge on any atom is -0.503 e. The standard InChI is InChI=1S/C19H20BrNO6/c1-8-4-12-16(18(24)15(8)19(25)27-3)10(7-14(22)21-12)9-5-11(20)17(23)13(6-9)26-2/h5-6,8,10,15,23H,4,7H2,1-3H3,(H,21,22)/t8-,10+,15-/m0/s1. The van der Waals surface area contributed by atoms with E-state index in [2.05, 4.69) is 21.2 Å². The SMILES string of the molecule is COC(=O)[C@@H]1C(=O)C2=C(C[C@@H]1C)NC(=O)C[C@@H]2c1cc(Br)c(O)c(OC)c1. The number of nitrogens with one attached hydrogen (secondary N) is 1. The van der Waals surface area contributed by atoms with Crippen LogP contribution in [0, 0.1) is 11.8 Å². The van der Waals surface area contributed by atoms with E-state index >= 15 is 0 Å². The lowest BCUT2D eigenvalue weighted by Crippen LogP contribution is -2.44. The fourth-order valence-corrected chi connectivity index (χ4v) is 4.29. The molecule has 1 amide bonds. The maximum atomic E-state index is 13.2. The summed E-state index contributed by atoms with van der Waals surface area (Å²) in [4.78, 5) is 37.6. The molecule has 1 aromatic rings. The van der Waals surface area contributed by atoms with Gasteiger partial charge >= 0.3 is 5.97 Å². The van der Waals surface area contributed by atoms with Gasteiger partial charge in [-0.3, -0.25) is 14.4 Å². The molecule has 1 aromatic carbocycles. The number of Topliss-reactive ketones (excluding diaryl/α,β-unsaturated/α-hetero) is 1. The molecule has 3 rings (SSSR count). The lowest BCUT2D eigenvalue weighted by atomic mass is 9.70. The predicted octanol–water partition coefficient (Wildman–Crippen LogP) is 2.42. The summed E-state index contributed by atoms with van der Waals surface area (Å²) in [7, 11) is 2.68. The van der Waals surface area contributed by atoms with Gasteiger partial charge in [-0.1, -0.05) is 6.92 Å². The highest BCUT2D eigenvalue weighted by Crippen LogP contribution is 2.45. The van der Waals surface area contributed by atoms with E-state index < -0.39 is 17.8 Å². The summed E-state index contributed by atoms with van der Waals surface area (Å²) in [6.07, 6.45) is 0.465. The molecule has 144 valence electrons. The van der Waals surface area contributed by atoms with Crippen molar-refractivity contribution in [3.8, 4) is 11.5 Å². The van der Waals surface area contributed by atoms with Crippen LogP contribution < -0.4 is 10.1 Å². The second-order valence-corrected chi connectivity index (χ2v) is 7.65. The van der Waals surface area contributed by atoms with Crippen molar-refractivity contribution in [2.24, 2.45) is 11.8 Å². The van der Waals surface area contributed by atoms with Gasteiger partial charge in [0.05, 0.1) is 18.7 Å². The maximum Gasteiger partial charge on any atom is 0.316 e. The molecule has 7 nitrogen and oxygen atoms in total. The van der Waals surface area contributed by atoms with Crippen molar-refractivity contribution >= 4 is 33.6 Å². The van der Waals surface area contributed by atoms with Gasteiger partial charge in [-0.05, 0) is 46.0 Å². The number of phenolic OH excluding ortho intramolecular Hbond substituents is 1. The third kappa shape index (κ3) is 3.34. The van der Waals surface area contributed by atoms with E-state index in [1.54, 1.807) is 19.1 Å². The summed E-state index contributed by atoms with van der Waals surface area (Å²) in [5.41, 5.74) is 1.62. The molecule has 0 unspecified atom stereocenters. The number of ether oxygens (including phenoxy) is 2. The van der Waals surface area contributed by atoms with Gasteiger partial charge < -0.3 is 19.9 Å². The molecule has 0 saturated carbocycles. The minimum absolute atomic E-state index is 0.0627. The molecule has 0 radical (unpaired) electrons. The number of ketones is 1. The van der Waals surface area contributed by atoms with E-state index in [4.69, 9.17) is 9.47 Å². The molecule has 0 aromatic heterocycles. The van der Waals surface area contributed by atoms with E-state index in [1.165, 1.54) is 14.2 Å². The molecule has 0 fully saturated rings. The van der Waals surface area contributed by atoms with Gasteiger partial charge in [0, 0.05) is 23.6 Å². The molecule has 0 bridgehead atoms. The molecule has 1 heterocycles. The fourth-order valence-electron chi connectivity index (χ4n) is 3.83. The van der Waals surface area contributed by atoms with Gasteiger partial charge in [0.15, 0.2) is 17.3 Å². The zero-order chi connectivity index (χ0) is 19.9. The van der Waals surface area contributed by atoms with Crippen molar-refractivity contribution in [2.45, 2.75) is 25.7 Å². The van der Waals surface area contributed by atoms with Gasteiger partial charge in [0.2, 0.25) is 5.91 Å². The van der Waals surface area contributed by atoms with Gasteiger partial charge in [-0.15, -0.1) is 0 Å². The lowest BCUT2D eigenvalue weighted by molar-refractivity contribution is -0.151. The average molecular weight is 438 g/mol. The number of benzene rings is 1. The summed E-state index contributed by atoms with van der Waals surface area (Å²) >= 11 is 3.27. The number of allylic oxidation sites excluding steroid dienone is 2. The summed E-state index contributed by atoms with van der Waals surface area (Å²) in [6.45, 7) is 1.79. The average Bonchev–Trinajstić information content (AvgIpc) is 2.62. The number of aromatic hydroxyl groups is 1. The monoisotopic (exact) mass is 437 g/mol. The number of methoxy groups -OCH3 is 2. The highest BCUT2D eigenvalue weighted by molar-refractivity contribution is 9.10. The second kappa shape index (κ2) is 7.34. The Morgan fingerprint density at radius 2 is 1.96 bits per heavy atom. The van der Waals surface area contributed by atoms with Gasteiger partial charge in [0.25, 0.3) is 0 Å². The van der Waals surface area contributed by atoms with E-state index in [0.29, 0.717) is 27.7 Å². The van der Waals surface area contributed by atoms with Crippen LogP contribution in [0.5, 0.6) is 11.5 Å². The first-order valence-corrected chi connectivity index (χ1v) is 9.29. The number of hydrogen-bond donors (Lipinski definition) is 2. The number of carbonyl (C=O) groups is 3. The van der Waals surface area contributed by atoms with Crippen LogP contribution >= 0.6 is 15.9 Å². The number of carbonyl (C=O) groups excluding carboxylic acids is 3.